The minimum Gasteiger partial charge on any atom is -0.459 e. The van der Waals surface area contributed by atoms with Crippen LogP contribution in [0.2, 0.25) is 0 Å². The molecule has 5 nitrogen and oxygen atoms in total. The van der Waals surface area contributed by atoms with Gasteiger partial charge in [0.15, 0.2) is 0 Å². The van der Waals surface area contributed by atoms with Crippen LogP contribution in [-0.2, 0) is 14.3 Å². The van der Waals surface area contributed by atoms with Gasteiger partial charge in [-0.1, -0.05) is 12.1 Å². The molecule has 0 saturated carbocycles. The third-order valence-corrected chi connectivity index (χ3v) is 2.60. The number of ether oxygens (including phenoxy) is 1. The molecule has 0 heterocycles. The Labute approximate surface area is 130 Å². The van der Waals surface area contributed by atoms with Crippen LogP contribution in [-0.4, -0.2) is 36.0 Å². The maximum Gasteiger partial charge on any atom is 0.326 e. The number of carbonyl (C=O) groups is 2. The fourth-order valence-electron chi connectivity index (χ4n) is 1.65. The Kier molecular flexibility index (Phi) is 5.88. The first-order valence-electron chi connectivity index (χ1n) is 6.86. The number of esters is 1. The molecule has 1 amide bonds. The van der Waals surface area contributed by atoms with Crippen LogP contribution in [0, 0.1) is 11.3 Å². The Hall–Kier alpha value is -2.61. The van der Waals surface area contributed by atoms with E-state index in [0.29, 0.717) is 5.56 Å². The number of carbonyl (C=O) groups excluding carboxylic acids is 2. The van der Waals surface area contributed by atoms with E-state index in [2.05, 4.69) is 0 Å². The van der Waals surface area contributed by atoms with Crippen LogP contribution in [0.4, 0.5) is 0 Å². The number of hydrogen-bond donors (Lipinski definition) is 0. The zero-order valence-electron chi connectivity index (χ0n) is 13.3. The zero-order valence-corrected chi connectivity index (χ0v) is 13.3. The standard InChI is InChI=1S/C17H20N2O3/c1-17(2,3)22-16(21)12-19(4)15(20)9-8-13-6-5-7-14(10-13)11-18/h5-10H,12H2,1-4H3/b9-8-. The highest BCUT2D eigenvalue weighted by molar-refractivity contribution is 5.93. The number of benzene rings is 1. The molecule has 0 unspecified atom stereocenters. The van der Waals surface area contributed by atoms with Crippen LogP contribution < -0.4 is 0 Å². The molecule has 0 aliphatic heterocycles. The molecule has 5 heteroatoms. The lowest BCUT2D eigenvalue weighted by molar-refractivity contribution is -0.157. The van der Waals surface area contributed by atoms with Crippen LogP contribution in [0.3, 0.4) is 0 Å². The Morgan fingerprint density at radius 1 is 1.36 bits per heavy atom. The first-order chi connectivity index (χ1) is 10.2. The second-order valence-electron chi connectivity index (χ2n) is 5.85. The summed E-state index contributed by atoms with van der Waals surface area (Å²) in [5.74, 6) is -0.767. The molecular formula is C17H20N2O3. The maximum absolute atomic E-state index is 11.9. The van der Waals surface area contributed by atoms with Crippen molar-refractivity contribution in [1.82, 2.24) is 4.90 Å². The van der Waals surface area contributed by atoms with Crippen molar-refractivity contribution >= 4 is 18.0 Å². The zero-order chi connectivity index (χ0) is 16.8. The molecular weight excluding hydrogens is 280 g/mol. The van der Waals surface area contributed by atoms with Gasteiger partial charge in [0.25, 0.3) is 0 Å². The van der Waals surface area contributed by atoms with Gasteiger partial charge in [-0.2, -0.15) is 5.26 Å². The number of likely N-dealkylation sites (N-methyl/N-ethyl adjacent to an activating group) is 1. The topological polar surface area (TPSA) is 70.4 Å². The van der Waals surface area contributed by atoms with Crippen molar-refractivity contribution in [2.75, 3.05) is 13.6 Å². The third-order valence-electron chi connectivity index (χ3n) is 2.60. The Morgan fingerprint density at radius 2 is 2.05 bits per heavy atom. The number of rotatable bonds is 4. The third kappa shape index (κ3) is 6.23. The fourth-order valence-corrected chi connectivity index (χ4v) is 1.65. The Morgan fingerprint density at radius 3 is 2.64 bits per heavy atom. The van der Waals surface area contributed by atoms with E-state index in [9.17, 15) is 9.59 Å². The van der Waals surface area contributed by atoms with Crippen LogP contribution in [0.25, 0.3) is 6.08 Å². The monoisotopic (exact) mass is 300 g/mol. The molecule has 0 spiro atoms. The number of nitriles is 1. The molecule has 116 valence electrons. The normalized spacial score (nSPS) is 11.0. The molecule has 0 aliphatic rings. The van der Waals surface area contributed by atoms with Gasteiger partial charge in [-0.3, -0.25) is 9.59 Å². The highest BCUT2D eigenvalue weighted by atomic mass is 16.6. The molecule has 1 aromatic rings. The van der Waals surface area contributed by atoms with E-state index in [1.54, 1.807) is 51.1 Å². The minimum atomic E-state index is -0.575. The second-order valence-corrected chi connectivity index (χ2v) is 5.85. The second kappa shape index (κ2) is 7.41. The van der Waals surface area contributed by atoms with Gasteiger partial charge in [0.1, 0.15) is 12.1 Å². The van der Waals surface area contributed by atoms with Crippen molar-refractivity contribution in [1.29, 1.82) is 5.26 Å². The summed E-state index contributed by atoms with van der Waals surface area (Å²) in [6, 6.07) is 8.93. The van der Waals surface area contributed by atoms with E-state index in [1.807, 2.05) is 6.07 Å². The maximum atomic E-state index is 11.9. The number of hydrogen-bond acceptors (Lipinski definition) is 4. The summed E-state index contributed by atoms with van der Waals surface area (Å²) in [4.78, 5) is 24.9. The first kappa shape index (κ1) is 17.4. The Bertz CT molecular complexity index is 622. The van der Waals surface area contributed by atoms with Gasteiger partial charge in [-0.25, -0.2) is 0 Å². The predicted octanol–water partition coefficient (Wildman–Crippen LogP) is 2.37. The lowest BCUT2D eigenvalue weighted by Gasteiger charge is -2.22. The summed E-state index contributed by atoms with van der Waals surface area (Å²) in [6.45, 7) is 5.21. The van der Waals surface area contributed by atoms with Gasteiger partial charge in [-0.05, 0) is 44.5 Å². The molecule has 0 saturated heterocycles. The van der Waals surface area contributed by atoms with E-state index >= 15 is 0 Å². The van der Waals surface area contributed by atoms with Gasteiger partial charge < -0.3 is 9.64 Å². The summed E-state index contributed by atoms with van der Waals surface area (Å²) >= 11 is 0. The lowest BCUT2D eigenvalue weighted by Crippen LogP contribution is -2.35. The van der Waals surface area contributed by atoms with Gasteiger partial charge in [0.05, 0.1) is 11.6 Å². The van der Waals surface area contributed by atoms with Gasteiger partial charge >= 0.3 is 5.97 Å². The van der Waals surface area contributed by atoms with Crippen LogP contribution in [0.1, 0.15) is 31.9 Å². The van der Waals surface area contributed by atoms with Crippen molar-refractivity contribution in [2.24, 2.45) is 0 Å². The fraction of sp³-hybridized carbons (Fsp3) is 0.353. The largest absolute Gasteiger partial charge is 0.459 e. The van der Waals surface area contributed by atoms with E-state index in [0.717, 1.165) is 5.56 Å². The van der Waals surface area contributed by atoms with Gasteiger partial charge in [-0.15, -0.1) is 0 Å². The summed E-state index contributed by atoms with van der Waals surface area (Å²) < 4.78 is 5.16. The van der Waals surface area contributed by atoms with Crippen molar-refractivity contribution in [2.45, 2.75) is 26.4 Å². The molecule has 0 fully saturated rings. The van der Waals surface area contributed by atoms with Crippen LogP contribution >= 0.6 is 0 Å². The van der Waals surface area contributed by atoms with Crippen molar-refractivity contribution < 1.29 is 14.3 Å². The van der Waals surface area contributed by atoms with E-state index in [1.165, 1.54) is 18.0 Å². The SMILES string of the molecule is CN(CC(=O)OC(C)(C)C)C(=O)/C=C\c1cccc(C#N)c1. The molecule has 22 heavy (non-hydrogen) atoms. The first-order valence-corrected chi connectivity index (χ1v) is 6.86. The molecule has 1 rings (SSSR count). The van der Waals surface area contributed by atoms with Crippen molar-refractivity contribution in [3.05, 3.63) is 41.5 Å². The molecule has 0 radical (unpaired) electrons. The molecule has 0 bridgehead atoms. The van der Waals surface area contributed by atoms with Crippen molar-refractivity contribution in [3.8, 4) is 6.07 Å². The van der Waals surface area contributed by atoms with Gasteiger partial charge in [0.2, 0.25) is 5.91 Å². The predicted molar refractivity (Wildman–Crippen MR) is 83.7 cm³/mol. The van der Waals surface area contributed by atoms with E-state index in [4.69, 9.17) is 10.00 Å². The van der Waals surface area contributed by atoms with Crippen molar-refractivity contribution in [3.63, 3.8) is 0 Å². The molecule has 0 aromatic heterocycles. The molecule has 0 aliphatic carbocycles. The summed E-state index contributed by atoms with van der Waals surface area (Å²) in [5, 5.41) is 8.82. The Balaban J connectivity index is 2.62. The quantitative estimate of drug-likeness (QED) is 0.632. The molecule has 1 aromatic carbocycles. The number of nitrogens with zero attached hydrogens (tertiary/aromatic N) is 2. The molecule has 0 N–H and O–H groups in total. The van der Waals surface area contributed by atoms with E-state index < -0.39 is 11.6 Å². The van der Waals surface area contributed by atoms with Crippen LogP contribution in [0.15, 0.2) is 30.3 Å². The highest BCUT2D eigenvalue weighted by Gasteiger charge is 2.18. The van der Waals surface area contributed by atoms with Crippen LogP contribution in [0.5, 0.6) is 0 Å². The summed E-state index contributed by atoms with van der Waals surface area (Å²) in [6.07, 6.45) is 2.97. The average molecular weight is 300 g/mol. The summed E-state index contributed by atoms with van der Waals surface area (Å²) in [5.41, 5.74) is 0.698. The molecule has 0 atom stereocenters. The number of amides is 1. The minimum absolute atomic E-state index is 0.112. The average Bonchev–Trinajstić information content (AvgIpc) is 2.42. The van der Waals surface area contributed by atoms with Gasteiger partial charge in [0, 0.05) is 13.1 Å². The highest BCUT2D eigenvalue weighted by Crippen LogP contribution is 2.08. The van der Waals surface area contributed by atoms with E-state index in [-0.39, 0.29) is 12.5 Å². The smallest absolute Gasteiger partial charge is 0.326 e. The summed E-state index contributed by atoms with van der Waals surface area (Å²) in [7, 11) is 1.53. The lowest BCUT2D eigenvalue weighted by atomic mass is 10.1.